The number of benzene rings is 2. The van der Waals surface area contributed by atoms with Gasteiger partial charge < -0.3 is 14.8 Å². The van der Waals surface area contributed by atoms with Gasteiger partial charge in [0.2, 0.25) is 0 Å². The first-order chi connectivity index (χ1) is 10.2. The second kappa shape index (κ2) is 6.03. The first kappa shape index (κ1) is 14.4. The van der Waals surface area contributed by atoms with Gasteiger partial charge in [0.05, 0.1) is 6.04 Å². The minimum Gasteiger partial charge on any atom is -0.486 e. The van der Waals surface area contributed by atoms with E-state index in [1.807, 2.05) is 24.3 Å². The zero-order chi connectivity index (χ0) is 14.8. The van der Waals surface area contributed by atoms with Crippen molar-refractivity contribution in [1.82, 2.24) is 5.32 Å². The summed E-state index contributed by atoms with van der Waals surface area (Å²) in [7, 11) is 1.81. The summed E-state index contributed by atoms with van der Waals surface area (Å²) in [4.78, 5) is 0. The van der Waals surface area contributed by atoms with Crippen LogP contribution in [0.1, 0.15) is 17.2 Å². The lowest BCUT2D eigenvalue weighted by Gasteiger charge is -2.23. The minimum atomic E-state index is -0.267. The molecule has 1 N–H and O–H groups in total. The molecule has 0 bridgehead atoms. The van der Waals surface area contributed by atoms with Crippen LogP contribution in [0.2, 0.25) is 0 Å². The predicted octanol–water partition coefficient (Wildman–Crippen LogP) is 3.67. The highest BCUT2D eigenvalue weighted by Gasteiger charge is 2.21. The molecule has 2 aromatic rings. The Labute approximate surface area is 131 Å². The number of ether oxygens (including phenoxy) is 2. The van der Waals surface area contributed by atoms with E-state index < -0.39 is 0 Å². The maximum atomic E-state index is 14.2. The molecule has 0 aliphatic carbocycles. The Morgan fingerprint density at radius 2 is 1.90 bits per heavy atom. The average molecular weight is 352 g/mol. The van der Waals surface area contributed by atoms with Crippen LogP contribution in [0.4, 0.5) is 4.39 Å². The van der Waals surface area contributed by atoms with Gasteiger partial charge in [-0.1, -0.05) is 28.1 Å². The SMILES string of the molecule is CNC(c1ccc2c(c1)OCCO2)c1c(F)cccc1Br. The average Bonchev–Trinajstić information content (AvgIpc) is 2.50. The lowest BCUT2D eigenvalue weighted by Crippen LogP contribution is -2.21. The van der Waals surface area contributed by atoms with Gasteiger partial charge in [-0.25, -0.2) is 4.39 Å². The summed E-state index contributed by atoms with van der Waals surface area (Å²) >= 11 is 3.42. The molecule has 110 valence electrons. The van der Waals surface area contributed by atoms with Crippen LogP contribution in [0, 0.1) is 5.82 Å². The van der Waals surface area contributed by atoms with Gasteiger partial charge in [-0.15, -0.1) is 0 Å². The lowest BCUT2D eigenvalue weighted by atomic mass is 9.98. The Balaban J connectivity index is 2.04. The van der Waals surface area contributed by atoms with E-state index in [0.717, 1.165) is 15.8 Å². The molecule has 5 heteroatoms. The summed E-state index contributed by atoms with van der Waals surface area (Å²) in [5.74, 6) is 1.18. The van der Waals surface area contributed by atoms with Gasteiger partial charge in [0.25, 0.3) is 0 Å². The summed E-state index contributed by atoms with van der Waals surface area (Å²) in [5.41, 5.74) is 1.50. The third-order valence-electron chi connectivity index (χ3n) is 3.48. The van der Waals surface area contributed by atoms with Crippen molar-refractivity contribution in [2.75, 3.05) is 20.3 Å². The summed E-state index contributed by atoms with van der Waals surface area (Å²) in [5, 5.41) is 3.16. The van der Waals surface area contributed by atoms with Gasteiger partial charge >= 0.3 is 0 Å². The molecule has 1 aliphatic rings. The van der Waals surface area contributed by atoms with E-state index in [-0.39, 0.29) is 11.9 Å². The fourth-order valence-corrected chi connectivity index (χ4v) is 3.07. The zero-order valence-corrected chi connectivity index (χ0v) is 13.1. The zero-order valence-electron chi connectivity index (χ0n) is 11.5. The molecule has 0 amide bonds. The third kappa shape index (κ3) is 2.76. The van der Waals surface area contributed by atoms with Crippen LogP contribution in [0.15, 0.2) is 40.9 Å². The molecular formula is C16H15BrFNO2. The minimum absolute atomic E-state index is 0.251. The molecule has 0 fully saturated rings. The molecule has 1 unspecified atom stereocenters. The molecule has 0 saturated carbocycles. The summed E-state index contributed by atoms with van der Waals surface area (Å²) < 4.78 is 26.0. The summed E-state index contributed by atoms with van der Waals surface area (Å²) in [6, 6.07) is 10.4. The van der Waals surface area contributed by atoms with Crippen LogP contribution in [-0.4, -0.2) is 20.3 Å². The predicted molar refractivity (Wildman–Crippen MR) is 82.4 cm³/mol. The molecule has 3 rings (SSSR count). The van der Waals surface area contributed by atoms with E-state index >= 15 is 0 Å². The van der Waals surface area contributed by atoms with Crippen LogP contribution >= 0.6 is 15.9 Å². The molecule has 0 aromatic heterocycles. The Morgan fingerprint density at radius 3 is 2.62 bits per heavy atom. The molecular weight excluding hydrogens is 337 g/mol. The lowest BCUT2D eigenvalue weighted by molar-refractivity contribution is 0.171. The van der Waals surface area contributed by atoms with Crippen LogP contribution in [0.5, 0.6) is 11.5 Å². The molecule has 0 spiro atoms. The molecule has 1 aliphatic heterocycles. The van der Waals surface area contributed by atoms with Crippen molar-refractivity contribution < 1.29 is 13.9 Å². The monoisotopic (exact) mass is 351 g/mol. The number of nitrogens with one attached hydrogen (secondary N) is 1. The first-order valence-corrected chi connectivity index (χ1v) is 7.50. The van der Waals surface area contributed by atoms with E-state index in [9.17, 15) is 4.39 Å². The number of fused-ring (bicyclic) bond motifs is 1. The Hall–Kier alpha value is -1.59. The van der Waals surface area contributed by atoms with E-state index in [4.69, 9.17) is 9.47 Å². The molecule has 0 saturated heterocycles. The van der Waals surface area contributed by atoms with Gasteiger partial charge in [-0.05, 0) is 36.9 Å². The number of hydrogen-bond acceptors (Lipinski definition) is 3. The van der Waals surface area contributed by atoms with Crippen molar-refractivity contribution in [3.05, 3.63) is 57.8 Å². The largest absolute Gasteiger partial charge is 0.486 e. The Kier molecular flexibility index (Phi) is 4.12. The molecule has 1 heterocycles. The quantitative estimate of drug-likeness (QED) is 0.915. The Bertz CT molecular complexity index is 642. The van der Waals surface area contributed by atoms with Crippen LogP contribution < -0.4 is 14.8 Å². The second-order valence-corrected chi connectivity index (χ2v) is 5.61. The molecule has 2 aromatic carbocycles. The normalized spacial score (nSPS) is 14.8. The van der Waals surface area contributed by atoms with Gasteiger partial charge in [0, 0.05) is 10.0 Å². The highest BCUT2D eigenvalue weighted by Crippen LogP contribution is 2.36. The third-order valence-corrected chi connectivity index (χ3v) is 4.17. The molecule has 21 heavy (non-hydrogen) atoms. The second-order valence-electron chi connectivity index (χ2n) is 4.76. The van der Waals surface area contributed by atoms with E-state index in [2.05, 4.69) is 21.2 Å². The van der Waals surface area contributed by atoms with E-state index in [1.54, 1.807) is 13.1 Å². The maximum absolute atomic E-state index is 14.2. The molecule has 0 radical (unpaired) electrons. The fourth-order valence-electron chi connectivity index (χ4n) is 2.50. The summed E-state index contributed by atoms with van der Waals surface area (Å²) in [6.45, 7) is 1.09. The van der Waals surface area contributed by atoms with Crippen molar-refractivity contribution in [1.29, 1.82) is 0 Å². The van der Waals surface area contributed by atoms with Crippen LogP contribution in [0.25, 0.3) is 0 Å². The van der Waals surface area contributed by atoms with Gasteiger partial charge in [0.1, 0.15) is 19.0 Å². The first-order valence-electron chi connectivity index (χ1n) is 6.71. The van der Waals surface area contributed by atoms with Crippen molar-refractivity contribution in [2.45, 2.75) is 6.04 Å². The molecule has 3 nitrogen and oxygen atoms in total. The highest BCUT2D eigenvalue weighted by molar-refractivity contribution is 9.10. The Morgan fingerprint density at radius 1 is 1.14 bits per heavy atom. The maximum Gasteiger partial charge on any atom is 0.161 e. The summed E-state index contributed by atoms with van der Waals surface area (Å²) in [6.07, 6.45) is 0. The highest BCUT2D eigenvalue weighted by atomic mass is 79.9. The van der Waals surface area contributed by atoms with Gasteiger partial charge in [0.15, 0.2) is 11.5 Å². The van der Waals surface area contributed by atoms with Crippen LogP contribution in [0.3, 0.4) is 0 Å². The standard InChI is InChI=1S/C16H15BrFNO2/c1-19-16(15-11(17)3-2-4-12(15)18)10-5-6-13-14(9-10)21-8-7-20-13/h2-6,9,16,19H,7-8H2,1H3. The smallest absolute Gasteiger partial charge is 0.161 e. The number of halogens is 2. The topological polar surface area (TPSA) is 30.5 Å². The van der Waals surface area contributed by atoms with Gasteiger partial charge in [-0.3, -0.25) is 0 Å². The number of hydrogen-bond donors (Lipinski definition) is 1. The fraction of sp³-hybridized carbons (Fsp3) is 0.250. The van der Waals surface area contributed by atoms with E-state index in [1.165, 1.54) is 6.07 Å². The van der Waals surface area contributed by atoms with E-state index in [0.29, 0.717) is 24.5 Å². The van der Waals surface area contributed by atoms with Gasteiger partial charge in [-0.2, -0.15) is 0 Å². The molecule has 1 atom stereocenters. The number of rotatable bonds is 3. The van der Waals surface area contributed by atoms with Crippen molar-refractivity contribution in [3.63, 3.8) is 0 Å². The van der Waals surface area contributed by atoms with Crippen molar-refractivity contribution in [2.24, 2.45) is 0 Å². The van der Waals surface area contributed by atoms with Crippen molar-refractivity contribution >= 4 is 15.9 Å². The van der Waals surface area contributed by atoms with Crippen LogP contribution in [-0.2, 0) is 0 Å². The van der Waals surface area contributed by atoms with Crippen molar-refractivity contribution in [3.8, 4) is 11.5 Å².